The molecule has 18 heavy (non-hydrogen) atoms. The maximum absolute atomic E-state index is 4.29. The average molecular weight is 325 g/mol. The van der Waals surface area contributed by atoms with Crippen molar-refractivity contribution in [1.82, 2.24) is 9.97 Å². The molecule has 0 bridgehead atoms. The van der Waals surface area contributed by atoms with Crippen molar-refractivity contribution in [2.24, 2.45) is 5.10 Å². The van der Waals surface area contributed by atoms with Crippen molar-refractivity contribution in [2.75, 3.05) is 5.43 Å². The summed E-state index contributed by atoms with van der Waals surface area (Å²) in [7, 11) is 0. The van der Waals surface area contributed by atoms with Crippen LogP contribution in [0.4, 0.5) is 5.95 Å². The maximum atomic E-state index is 4.29. The van der Waals surface area contributed by atoms with E-state index < -0.39 is 0 Å². The summed E-state index contributed by atoms with van der Waals surface area (Å²) in [4.78, 5) is 9.65. The van der Waals surface area contributed by atoms with Crippen molar-refractivity contribution < 1.29 is 0 Å². The number of hydrogen-bond acceptors (Lipinski definition) is 5. The highest BCUT2D eigenvalue weighted by Gasteiger charge is 2.02. The Bertz CT molecular complexity index is 571. The molecular formula is C12H13BrN4S. The van der Waals surface area contributed by atoms with Crippen LogP contribution in [0.15, 0.2) is 27.1 Å². The molecule has 0 aliphatic rings. The number of aromatic nitrogens is 2. The predicted octanol–water partition coefficient (Wildman–Crippen LogP) is 3.75. The van der Waals surface area contributed by atoms with Crippen molar-refractivity contribution in [3.05, 3.63) is 38.3 Å². The molecule has 0 amide bonds. The van der Waals surface area contributed by atoms with E-state index in [1.54, 1.807) is 11.3 Å². The molecular weight excluding hydrogens is 312 g/mol. The van der Waals surface area contributed by atoms with E-state index in [4.69, 9.17) is 0 Å². The van der Waals surface area contributed by atoms with E-state index >= 15 is 0 Å². The summed E-state index contributed by atoms with van der Waals surface area (Å²) < 4.78 is 1.09. The molecule has 0 fully saturated rings. The molecule has 6 heteroatoms. The molecule has 0 spiro atoms. The number of thiophene rings is 1. The van der Waals surface area contributed by atoms with Gasteiger partial charge < -0.3 is 0 Å². The lowest BCUT2D eigenvalue weighted by Crippen LogP contribution is -2.02. The van der Waals surface area contributed by atoms with Crippen LogP contribution >= 0.6 is 27.3 Å². The van der Waals surface area contributed by atoms with Gasteiger partial charge in [-0.1, -0.05) is 0 Å². The minimum atomic E-state index is 0.530. The molecule has 94 valence electrons. The van der Waals surface area contributed by atoms with Gasteiger partial charge in [0.2, 0.25) is 5.95 Å². The van der Waals surface area contributed by atoms with Gasteiger partial charge in [-0.05, 0) is 54.9 Å². The van der Waals surface area contributed by atoms with Crippen LogP contribution in [0.3, 0.4) is 0 Å². The summed E-state index contributed by atoms with van der Waals surface area (Å²) in [6.45, 7) is 5.83. The first-order chi connectivity index (χ1) is 8.54. The van der Waals surface area contributed by atoms with Gasteiger partial charge in [-0.25, -0.2) is 15.4 Å². The highest BCUT2D eigenvalue weighted by atomic mass is 79.9. The Morgan fingerprint density at radius 1 is 1.28 bits per heavy atom. The first kappa shape index (κ1) is 13.2. The number of hydrogen-bond donors (Lipinski definition) is 1. The number of rotatable bonds is 3. The van der Waals surface area contributed by atoms with Crippen molar-refractivity contribution in [2.45, 2.75) is 20.8 Å². The fraction of sp³-hybridized carbons (Fsp3) is 0.250. The van der Waals surface area contributed by atoms with Gasteiger partial charge in [-0.3, -0.25) is 0 Å². The van der Waals surface area contributed by atoms with Gasteiger partial charge in [0.05, 0.1) is 14.4 Å². The molecule has 0 saturated heterocycles. The molecule has 0 unspecified atom stereocenters. The van der Waals surface area contributed by atoms with E-state index in [0.29, 0.717) is 5.95 Å². The third-order valence-electron chi connectivity index (χ3n) is 2.24. The Morgan fingerprint density at radius 2 is 1.94 bits per heavy atom. The van der Waals surface area contributed by atoms with E-state index in [-0.39, 0.29) is 0 Å². The molecule has 2 aromatic heterocycles. The van der Waals surface area contributed by atoms with Gasteiger partial charge in [0, 0.05) is 11.4 Å². The number of hydrazone groups is 1. The fourth-order valence-electron chi connectivity index (χ4n) is 1.47. The van der Waals surface area contributed by atoms with E-state index in [0.717, 1.165) is 25.8 Å². The van der Waals surface area contributed by atoms with Crippen molar-refractivity contribution in [3.8, 4) is 0 Å². The third-order valence-corrected chi connectivity index (χ3v) is 3.97. The molecule has 0 radical (unpaired) electrons. The Morgan fingerprint density at radius 3 is 2.50 bits per heavy atom. The smallest absolute Gasteiger partial charge is 0.243 e. The van der Waals surface area contributed by atoms with Gasteiger partial charge in [-0.15, -0.1) is 11.3 Å². The van der Waals surface area contributed by atoms with Gasteiger partial charge >= 0.3 is 0 Å². The summed E-state index contributed by atoms with van der Waals surface area (Å²) in [6, 6.07) is 5.96. The molecule has 2 rings (SSSR count). The minimum Gasteiger partial charge on any atom is -0.245 e. The van der Waals surface area contributed by atoms with Crippen LogP contribution in [-0.2, 0) is 0 Å². The van der Waals surface area contributed by atoms with Crippen LogP contribution in [0.5, 0.6) is 0 Å². The molecule has 0 aromatic carbocycles. The van der Waals surface area contributed by atoms with Crippen LogP contribution in [0, 0.1) is 13.8 Å². The molecule has 0 aliphatic carbocycles. The van der Waals surface area contributed by atoms with E-state index in [9.17, 15) is 0 Å². The SMILES string of the molecule is C/C(=N/Nc1nc(C)cc(C)n1)c1ccc(Br)s1. The topological polar surface area (TPSA) is 50.2 Å². The van der Waals surface area contributed by atoms with Gasteiger partial charge in [0.1, 0.15) is 0 Å². The highest BCUT2D eigenvalue weighted by molar-refractivity contribution is 9.11. The number of anilines is 1. The standard InChI is InChI=1S/C12H13BrN4S/c1-7-6-8(2)15-12(14-7)17-16-9(3)10-4-5-11(13)18-10/h4-6H,1-3H3,(H,14,15,17)/b16-9-. The summed E-state index contributed by atoms with van der Waals surface area (Å²) >= 11 is 5.08. The Balaban J connectivity index is 2.14. The third kappa shape index (κ3) is 3.36. The van der Waals surface area contributed by atoms with Gasteiger partial charge in [-0.2, -0.15) is 5.10 Å². The lowest BCUT2D eigenvalue weighted by atomic mass is 10.3. The second-order valence-corrected chi connectivity index (χ2v) is 6.35. The zero-order chi connectivity index (χ0) is 13.1. The fourth-order valence-corrected chi connectivity index (χ4v) is 2.80. The molecule has 2 aromatic rings. The number of aryl methyl sites for hydroxylation is 2. The van der Waals surface area contributed by atoms with E-state index in [1.807, 2.05) is 39.0 Å². The Kier molecular flexibility index (Phi) is 4.08. The molecule has 0 aliphatic heterocycles. The summed E-state index contributed by atoms with van der Waals surface area (Å²) in [6.07, 6.45) is 0. The quantitative estimate of drug-likeness (QED) is 0.691. The Labute approximate surface area is 118 Å². The summed E-state index contributed by atoms with van der Waals surface area (Å²) in [5.41, 5.74) is 5.66. The Hall–Kier alpha value is -1.27. The molecule has 1 N–H and O–H groups in total. The molecule has 0 atom stereocenters. The van der Waals surface area contributed by atoms with E-state index in [2.05, 4.69) is 36.4 Å². The van der Waals surface area contributed by atoms with Crippen LogP contribution in [0.25, 0.3) is 0 Å². The first-order valence-electron chi connectivity index (χ1n) is 5.43. The first-order valence-corrected chi connectivity index (χ1v) is 7.04. The van der Waals surface area contributed by atoms with Gasteiger partial charge in [0.15, 0.2) is 0 Å². The normalized spacial score (nSPS) is 11.7. The molecule has 2 heterocycles. The maximum Gasteiger partial charge on any atom is 0.243 e. The van der Waals surface area contributed by atoms with Crippen LogP contribution in [-0.4, -0.2) is 15.7 Å². The number of halogens is 1. The van der Waals surface area contributed by atoms with Crippen molar-refractivity contribution >= 4 is 38.9 Å². The van der Waals surface area contributed by atoms with Crippen LogP contribution < -0.4 is 5.43 Å². The summed E-state index contributed by atoms with van der Waals surface area (Å²) in [5, 5.41) is 4.29. The lowest BCUT2D eigenvalue weighted by Gasteiger charge is -2.02. The molecule has 0 saturated carbocycles. The van der Waals surface area contributed by atoms with Crippen LogP contribution in [0.2, 0.25) is 0 Å². The zero-order valence-electron chi connectivity index (χ0n) is 10.4. The zero-order valence-corrected chi connectivity index (χ0v) is 12.8. The number of nitrogens with zero attached hydrogens (tertiary/aromatic N) is 3. The second-order valence-electron chi connectivity index (χ2n) is 3.89. The van der Waals surface area contributed by atoms with Crippen molar-refractivity contribution in [3.63, 3.8) is 0 Å². The predicted molar refractivity (Wildman–Crippen MR) is 79.4 cm³/mol. The van der Waals surface area contributed by atoms with E-state index in [1.165, 1.54) is 0 Å². The number of nitrogens with one attached hydrogen (secondary N) is 1. The minimum absolute atomic E-state index is 0.530. The summed E-state index contributed by atoms with van der Waals surface area (Å²) in [5.74, 6) is 0.530. The monoisotopic (exact) mass is 324 g/mol. The highest BCUT2D eigenvalue weighted by Crippen LogP contribution is 2.22. The average Bonchev–Trinajstić information content (AvgIpc) is 2.71. The van der Waals surface area contributed by atoms with Crippen molar-refractivity contribution in [1.29, 1.82) is 0 Å². The second kappa shape index (κ2) is 5.58. The largest absolute Gasteiger partial charge is 0.245 e. The van der Waals surface area contributed by atoms with Crippen LogP contribution in [0.1, 0.15) is 23.2 Å². The lowest BCUT2D eigenvalue weighted by molar-refractivity contribution is 1.03. The molecule has 4 nitrogen and oxygen atoms in total. The van der Waals surface area contributed by atoms with Gasteiger partial charge in [0.25, 0.3) is 0 Å².